The number of ether oxygens (including phenoxy) is 1. The molecule has 2 rings (SSSR count). The summed E-state index contributed by atoms with van der Waals surface area (Å²) < 4.78 is 5.62. The fourth-order valence-corrected chi connectivity index (χ4v) is 1.95. The summed E-state index contributed by atoms with van der Waals surface area (Å²) in [4.78, 5) is 0. The summed E-state index contributed by atoms with van der Waals surface area (Å²) in [6.45, 7) is 2.19. The van der Waals surface area contributed by atoms with E-state index in [9.17, 15) is 0 Å². The molecule has 0 aromatic rings. The Kier molecular flexibility index (Phi) is 1.91. The molecular weight excluding hydrogens is 126 g/mol. The van der Waals surface area contributed by atoms with Gasteiger partial charge in [0.15, 0.2) is 0 Å². The zero-order chi connectivity index (χ0) is 6.81. The SMILES string of the molecule is C1CN[C@@H]2CCCO[C@H]2C1. The van der Waals surface area contributed by atoms with Crippen LogP contribution < -0.4 is 5.32 Å². The Labute approximate surface area is 61.9 Å². The van der Waals surface area contributed by atoms with E-state index in [0.29, 0.717) is 12.1 Å². The fourth-order valence-electron chi connectivity index (χ4n) is 1.95. The zero-order valence-electron chi connectivity index (χ0n) is 6.31. The average molecular weight is 141 g/mol. The van der Waals surface area contributed by atoms with Crippen molar-refractivity contribution in [1.82, 2.24) is 5.32 Å². The van der Waals surface area contributed by atoms with E-state index >= 15 is 0 Å². The molecule has 2 atom stereocenters. The minimum absolute atomic E-state index is 0.544. The number of hydrogen-bond acceptors (Lipinski definition) is 2. The van der Waals surface area contributed by atoms with Crippen LogP contribution in [0.1, 0.15) is 25.7 Å². The summed E-state index contributed by atoms with van der Waals surface area (Å²) in [6.07, 6.45) is 5.68. The van der Waals surface area contributed by atoms with Crippen LogP contribution in [0.5, 0.6) is 0 Å². The van der Waals surface area contributed by atoms with Crippen LogP contribution in [0, 0.1) is 0 Å². The molecule has 0 spiro atoms. The van der Waals surface area contributed by atoms with E-state index in [1.54, 1.807) is 0 Å². The Morgan fingerprint density at radius 2 is 2.20 bits per heavy atom. The number of piperidine rings is 1. The third-order valence-electron chi connectivity index (χ3n) is 2.51. The molecule has 2 aliphatic rings. The molecule has 0 aromatic carbocycles. The van der Waals surface area contributed by atoms with Crippen molar-refractivity contribution in [2.75, 3.05) is 13.2 Å². The molecular formula is C8H15NO. The van der Waals surface area contributed by atoms with Gasteiger partial charge in [-0.3, -0.25) is 0 Å². The van der Waals surface area contributed by atoms with Gasteiger partial charge in [-0.2, -0.15) is 0 Å². The van der Waals surface area contributed by atoms with Crippen LogP contribution in [0.3, 0.4) is 0 Å². The molecule has 2 nitrogen and oxygen atoms in total. The van der Waals surface area contributed by atoms with Crippen LogP contribution in [0.15, 0.2) is 0 Å². The Morgan fingerprint density at radius 1 is 1.20 bits per heavy atom. The molecule has 0 unspecified atom stereocenters. The summed E-state index contributed by atoms with van der Waals surface area (Å²) in [5, 5.41) is 3.50. The van der Waals surface area contributed by atoms with Crippen LogP contribution in [0.2, 0.25) is 0 Å². The van der Waals surface area contributed by atoms with E-state index in [1.165, 1.54) is 32.2 Å². The van der Waals surface area contributed by atoms with E-state index in [2.05, 4.69) is 5.32 Å². The van der Waals surface area contributed by atoms with Gasteiger partial charge in [-0.15, -0.1) is 0 Å². The maximum absolute atomic E-state index is 5.62. The van der Waals surface area contributed by atoms with Gasteiger partial charge in [-0.1, -0.05) is 0 Å². The van der Waals surface area contributed by atoms with Crippen molar-refractivity contribution in [1.29, 1.82) is 0 Å². The first-order valence-corrected chi connectivity index (χ1v) is 4.32. The summed E-state index contributed by atoms with van der Waals surface area (Å²) in [5.41, 5.74) is 0. The Bertz CT molecular complexity index is 89.8. The van der Waals surface area contributed by atoms with Crippen molar-refractivity contribution in [3.63, 3.8) is 0 Å². The van der Waals surface area contributed by atoms with Gasteiger partial charge in [-0.05, 0) is 32.2 Å². The topological polar surface area (TPSA) is 21.3 Å². The molecule has 0 aromatic heterocycles. The Balaban J connectivity index is 1.93. The van der Waals surface area contributed by atoms with Crippen molar-refractivity contribution in [2.24, 2.45) is 0 Å². The molecule has 0 aliphatic carbocycles. The summed E-state index contributed by atoms with van der Waals surface area (Å²) in [7, 11) is 0. The first-order valence-electron chi connectivity index (χ1n) is 4.32. The van der Waals surface area contributed by atoms with E-state index in [-0.39, 0.29) is 0 Å². The van der Waals surface area contributed by atoms with Crippen molar-refractivity contribution in [2.45, 2.75) is 37.8 Å². The molecule has 0 radical (unpaired) electrons. The van der Waals surface area contributed by atoms with Crippen LogP contribution in [0.25, 0.3) is 0 Å². The minimum Gasteiger partial charge on any atom is -0.377 e. The molecule has 10 heavy (non-hydrogen) atoms. The predicted octanol–water partition coefficient (Wildman–Crippen LogP) is 0.917. The number of hydrogen-bond donors (Lipinski definition) is 1. The molecule has 1 N–H and O–H groups in total. The second kappa shape index (κ2) is 2.89. The van der Waals surface area contributed by atoms with Crippen LogP contribution >= 0.6 is 0 Å². The quantitative estimate of drug-likeness (QED) is 0.541. The van der Waals surface area contributed by atoms with Crippen molar-refractivity contribution in [3.8, 4) is 0 Å². The van der Waals surface area contributed by atoms with Gasteiger partial charge in [-0.25, -0.2) is 0 Å². The second-order valence-electron chi connectivity index (χ2n) is 3.25. The lowest BCUT2D eigenvalue weighted by Gasteiger charge is -2.36. The monoisotopic (exact) mass is 141 g/mol. The highest BCUT2D eigenvalue weighted by Crippen LogP contribution is 2.20. The van der Waals surface area contributed by atoms with E-state index in [0.717, 1.165) is 6.61 Å². The molecule has 0 saturated carbocycles. The lowest BCUT2D eigenvalue weighted by molar-refractivity contribution is -0.0254. The van der Waals surface area contributed by atoms with Gasteiger partial charge >= 0.3 is 0 Å². The van der Waals surface area contributed by atoms with Crippen molar-refractivity contribution in [3.05, 3.63) is 0 Å². The average Bonchev–Trinajstić information content (AvgIpc) is 2.05. The molecule has 58 valence electrons. The van der Waals surface area contributed by atoms with Crippen molar-refractivity contribution < 1.29 is 4.74 Å². The van der Waals surface area contributed by atoms with Gasteiger partial charge in [0, 0.05) is 12.6 Å². The van der Waals surface area contributed by atoms with Gasteiger partial charge in [0.1, 0.15) is 0 Å². The van der Waals surface area contributed by atoms with E-state index in [1.807, 2.05) is 0 Å². The zero-order valence-corrected chi connectivity index (χ0v) is 6.31. The van der Waals surface area contributed by atoms with E-state index < -0.39 is 0 Å². The third-order valence-corrected chi connectivity index (χ3v) is 2.51. The first kappa shape index (κ1) is 6.62. The molecule has 2 heteroatoms. The highest BCUT2D eigenvalue weighted by atomic mass is 16.5. The van der Waals surface area contributed by atoms with E-state index in [4.69, 9.17) is 4.74 Å². The highest BCUT2D eigenvalue weighted by molar-refractivity contribution is 4.84. The maximum Gasteiger partial charge on any atom is 0.0728 e. The third kappa shape index (κ3) is 1.18. The molecule has 0 amide bonds. The lowest BCUT2D eigenvalue weighted by Crippen LogP contribution is -2.48. The smallest absolute Gasteiger partial charge is 0.0728 e. The number of fused-ring (bicyclic) bond motifs is 1. The van der Waals surface area contributed by atoms with Crippen LogP contribution in [-0.2, 0) is 4.74 Å². The largest absolute Gasteiger partial charge is 0.377 e. The second-order valence-corrected chi connectivity index (χ2v) is 3.25. The molecule has 0 bridgehead atoms. The molecule has 2 aliphatic heterocycles. The molecule has 2 heterocycles. The van der Waals surface area contributed by atoms with Crippen molar-refractivity contribution >= 4 is 0 Å². The highest BCUT2D eigenvalue weighted by Gasteiger charge is 2.27. The summed E-state index contributed by atoms with van der Waals surface area (Å²) in [5.74, 6) is 0. The normalized spacial score (nSPS) is 40.8. The maximum atomic E-state index is 5.62. The number of rotatable bonds is 0. The first-order chi connectivity index (χ1) is 4.97. The van der Waals surface area contributed by atoms with Gasteiger partial charge in [0.25, 0.3) is 0 Å². The number of nitrogens with one attached hydrogen (secondary N) is 1. The summed E-state index contributed by atoms with van der Waals surface area (Å²) in [6, 6.07) is 0.683. The van der Waals surface area contributed by atoms with Crippen LogP contribution in [-0.4, -0.2) is 25.3 Å². The van der Waals surface area contributed by atoms with Gasteiger partial charge in [0.05, 0.1) is 6.10 Å². The fraction of sp³-hybridized carbons (Fsp3) is 1.00. The molecule has 2 fully saturated rings. The lowest BCUT2D eigenvalue weighted by atomic mass is 9.95. The Hall–Kier alpha value is -0.0800. The minimum atomic E-state index is 0.544. The van der Waals surface area contributed by atoms with Crippen LogP contribution in [0.4, 0.5) is 0 Å². The predicted molar refractivity (Wildman–Crippen MR) is 40.0 cm³/mol. The van der Waals surface area contributed by atoms with Gasteiger partial charge in [0.2, 0.25) is 0 Å². The summed E-state index contributed by atoms with van der Waals surface area (Å²) >= 11 is 0. The standard InChI is InChI=1S/C8H15NO/c1-4-8-7(9-5-1)3-2-6-10-8/h7-9H,1-6H2/t7-,8+/m1/s1. The van der Waals surface area contributed by atoms with Gasteiger partial charge < -0.3 is 10.1 Å². The molecule has 2 saturated heterocycles. The Morgan fingerprint density at radius 3 is 3.10 bits per heavy atom.